The van der Waals surface area contributed by atoms with Gasteiger partial charge in [0.2, 0.25) is 10.0 Å². The average molecular weight is 417 g/mol. The van der Waals surface area contributed by atoms with Crippen molar-refractivity contribution in [1.82, 2.24) is 4.31 Å². The number of nitriles is 1. The number of aryl methyl sites for hydroxylation is 1. The molecular weight excluding hydrogens is 384 g/mol. The summed E-state index contributed by atoms with van der Waals surface area (Å²) in [6.45, 7) is 11.1. The van der Waals surface area contributed by atoms with E-state index < -0.39 is 23.6 Å². The third-order valence-corrected chi connectivity index (χ3v) is 10.2. The van der Waals surface area contributed by atoms with Crippen LogP contribution in [-0.2, 0) is 10.0 Å². The Morgan fingerprint density at radius 3 is 2.21 bits per heavy atom. The van der Waals surface area contributed by atoms with Gasteiger partial charge in [-0.05, 0) is 43.4 Å². The molecule has 1 heterocycles. The van der Waals surface area contributed by atoms with Crippen LogP contribution in [-0.4, -0.2) is 32.9 Å². The number of rotatable bonds is 3. The lowest BCUT2D eigenvalue weighted by atomic mass is 9.75. The van der Waals surface area contributed by atoms with Crippen molar-refractivity contribution in [2.24, 2.45) is 5.92 Å². The third-order valence-electron chi connectivity index (χ3n) is 6.33. The smallest absolute Gasteiger partial charge is 0.207 e. The Bertz CT molecular complexity index is 915. The number of benzene rings is 1. The molecule has 152 valence electrons. The predicted molar refractivity (Wildman–Crippen MR) is 116 cm³/mol. The number of hydrogen-bond donors (Lipinski definition) is 0. The Morgan fingerprint density at radius 1 is 1.14 bits per heavy atom. The van der Waals surface area contributed by atoms with E-state index in [9.17, 15) is 13.7 Å². The number of allylic oxidation sites excluding steroid dienone is 1. The van der Waals surface area contributed by atoms with Crippen LogP contribution >= 0.6 is 0 Å². The largest absolute Gasteiger partial charge is 0.243 e. The van der Waals surface area contributed by atoms with E-state index in [4.69, 9.17) is 0 Å². The molecular formula is C22H32N2O2SSi. The van der Waals surface area contributed by atoms with Crippen LogP contribution in [0.15, 0.2) is 39.9 Å². The lowest BCUT2D eigenvalue weighted by Gasteiger charge is -2.43. The number of hydrogen-bond acceptors (Lipinski definition) is 3. The lowest BCUT2D eigenvalue weighted by molar-refractivity contribution is 0.203. The fourth-order valence-electron chi connectivity index (χ4n) is 5.04. The highest BCUT2D eigenvalue weighted by Gasteiger charge is 2.55. The summed E-state index contributed by atoms with van der Waals surface area (Å²) >= 11 is 0. The molecule has 1 unspecified atom stereocenters. The fourth-order valence-corrected chi connectivity index (χ4v) is 8.56. The summed E-state index contributed by atoms with van der Waals surface area (Å²) < 4.78 is 29.2. The molecule has 1 aliphatic carbocycles. The van der Waals surface area contributed by atoms with Gasteiger partial charge >= 0.3 is 0 Å². The number of sulfonamides is 1. The van der Waals surface area contributed by atoms with Crippen LogP contribution in [0.4, 0.5) is 0 Å². The van der Waals surface area contributed by atoms with Crippen molar-refractivity contribution in [3.05, 3.63) is 40.6 Å². The lowest BCUT2D eigenvalue weighted by Crippen LogP contribution is -2.50. The maximum atomic E-state index is 13.7. The Hall–Kier alpha value is -1.42. The van der Waals surface area contributed by atoms with E-state index in [-0.39, 0.29) is 5.92 Å². The first-order valence-electron chi connectivity index (χ1n) is 10.3. The van der Waals surface area contributed by atoms with E-state index in [1.807, 2.05) is 19.1 Å². The van der Waals surface area contributed by atoms with Gasteiger partial charge in [-0.25, -0.2) is 8.42 Å². The van der Waals surface area contributed by atoms with Gasteiger partial charge in [-0.2, -0.15) is 9.57 Å². The topological polar surface area (TPSA) is 61.2 Å². The van der Waals surface area contributed by atoms with Gasteiger partial charge in [0.05, 0.1) is 24.6 Å². The summed E-state index contributed by atoms with van der Waals surface area (Å²) in [4.78, 5) is 0.364. The van der Waals surface area contributed by atoms with E-state index in [1.54, 1.807) is 16.4 Å². The van der Waals surface area contributed by atoms with E-state index in [0.29, 0.717) is 11.4 Å². The molecule has 2 fully saturated rings. The molecule has 6 heteroatoms. The van der Waals surface area contributed by atoms with Crippen LogP contribution in [0.1, 0.15) is 44.6 Å². The van der Waals surface area contributed by atoms with Crippen LogP contribution < -0.4 is 0 Å². The van der Waals surface area contributed by atoms with E-state index >= 15 is 0 Å². The Morgan fingerprint density at radius 2 is 1.71 bits per heavy atom. The summed E-state index contributed by atoms with van der Waals surface area (Å²) in [5.41, 5.74) is 1.66. The van der Waals surface area contributed by atoms with Gasteiger partial charge in [0.15, 0.2) is 0 Å². The normalized spacial score (nSPS) is 24.9. The average Bonchev–Trinajstić information content (AvgIpc) is 2.89. The summed E-state index contributed by atoms with van der Waals surface area (Å²) in [7, 11) is -5.49. The Balaban J connectivity index is 2.22. The molecule has 1 aliphatic heterocycles. The van der Waals surface area contributed by atoms with Crippen molar-refractivity contribution < 1.29 is 8.42 Å². The first kappa shape index (κ1) is 21.3. The zero-order chi connectivity index (χ0) is 20.7. The zero-order valence-corrected chi connectivity index (χ0v) is 19.6. The van der Waals surface area contributed by atoms with E-state index in [0.717, 1.165) is 48.4 Å². The van der Waals surface area contributed by atoms with Crippen LogP contribution in [0.3, 0.4) is 0 Å². The first-order valence-corrected chi connectivity index (χ1v) is 15.2. The standard InChI is InChI=1S/C22H32N2O2SSi/c1-17-9-11-19(12-10-17)27(25,26)24-16-18(2)21(20(15-23)28(3,4)5)22(24)13-7-6-8-14-22/h9-12,18H,6-8,13-14,16H2,1-5H3/b21-20+. The Labute approximate surface area is 171 Å². The minimum Gasteiger partial charge on any atom is -0.207 e. The third kappa shape index (κ3) is 3.49. The van der Waals surface area contributed by atoms with Crippen LogP contribution in [0, 0.1) is 24.2 Å². The van der Waals surface area contributed by atoms with E-state index in [2.05, 4.69) is 32.6 Å². The molecule has 3 rings (SSSR count). The molecule has 2 aliphatic rings. The van der Waals surface area contributed by atoms with Crippen molar-refractivity contribution in [3.63, 3.8) is 0 Å². The van der Waals surface area contributed by atoms with Gasteiger partial charge in [-0.1, -0.05) is 63.5 Å². The second-order valence-electron chi connectivity index (χ2n) is 9.49. The molecule has 1 saturated carbocycles. The molecule has 0 N–H and O–H groups in total. The van der Waals surface area contributed by atoms with Gasteiger partial charge in [-0.15, -0.1) is 0 Å². The summed E-state index contributed by atoms with van der Waals surface area (Å²) in [5.74, 6) is 0.0831. The predicted octanol–water partition coefficient (Wildman–Crippen LogP) is 5.04. The highest BCUT2D eigenvalue weighted by molar-refractivity contribution is 7.89. The highest BCUT2D eigenvalue weighted by atomic mass is 32.2. The summed E-state index contributed by atoms with van der Waals surface area (Å²) in [6, 6.07) is 9.69. The van der Waals surface area contributed by atoms with Crippen molar-refractivity contribution in [1.29, 1.82) is 5.26 Å². The van der Waals surface area contributed by atoms with Gasteiger partial charge in [0, 0.05) is 11.7 Å². The maximum Gasteiger partial charge on any atom is 0.243 e. The second-order valence-corrected chi connectivity index (χ2v) is 16.4. The first-order chi connectivity index (χ1) is 13.0. The molecule has 4 nitrogen and oxygen atoms in total. The number of nitrogens with zero attached hydrogens (tertiary/aromatic N) is 2. The molecule has 1 atom stereocenters. The summed E-state index contributed by atoms with van der Waals surface area (Å²) in [6.07, 6.45) is 4.82. The highest BCUT2D eigenvalue weighted by Crippen LogP contribution is 2.51. The molecule has 1 aromatic rings. The molecule has 0 bridgehead atoms. The van der Waals surface area contributed by atoms with Crippen LogP contribution in [0.2, 0.25) is 19.6 Å². The molecule has 28 heavy (non-hydrogen) atoms. The van der Waals surface area contributed by atoms with Crippen molar-refractivity contribution >= 4 is 18.1 Å². The molecule has 1 saturated heterocycles. The van der Waals surface area contributed by atoms with Crippen LogP contribution in [0.25, 0.3) is 0 Å². The molecule has 1 aromatic carbocycles. The van der Waals surface area contributed by atoms with Crippen LogP contribution in [0.5, 0.6) is 0 Å². The van der Waals surface area contributed by atoms with Gasteiger partial charge < -0.3 is 0 Å². The fraction of sp³-hybridized carbons (Fsp3) is 0.591. The van der Waals surface area contributed by atoms with Gasteiger partial charge in [0.25, 0.3) is 0 Å². The maximum absolute atomic E-state index is 13.7. The minimum absolute atomic E-state index is 0.0831. The van der Waals surface area contributed by atoms with Gasteiger partial charge in [0.1, 0.15) is 0 Å². The minimum atomic E-state index is -3.61. The second kappa shape index (κ2) is 7.44. The molecule has 0 radical (unpaired) electrons. The zero-order valence-electron chi connectivity index (χ0n) is 17.7. The van der Waals surface area contributed by atoms with Crippen molar-refractivity contribution in [2.45, 2.75) is 76.0 Å². The van der Waals surface area contributed by atoms with Gasteiger partial charge in [-0.3, -0.25) is 0 Å². The molecule has 0 aromatic heterocycles. The van der Waals surface area contributed by atoms with E-state index in [1.165, 1.54) is 0 Å². The Kier molecular flexibility index (Phi) is 5.65. The van der Waals surface area contributed by atoms with Crippen molar-refractivity contribution in [2.75, 3.05) is 6.54 Å². The molecule has 0 amide bonds. The SMILES string of the molecule is Cc1ccc(S(=O)(=O)N2CC(C)/C(=C(/C#N)[Si](C)(C)C)C23CCCCC3)cc1. The quantitative estimate of drug-likeness (QED) is 0.512. The monoisotopic (exact) mass is 416 g/mol. The summed E-state index contributed by atoms with van der Waals surface area (Å²) in [5, 5.41) is 11.0. The molecule has 1 spiro atoms. The van der Waals surface area contributed by atoms with Crippen molar-refractivity contribution in [3.8, 4) is 6.07 Å².